The SMILES string of the molecule is CC1CCN(C(=O)c2cccc(-c3noc(CC(C)(C)C)n3)c2)C(CN)C1. The molecule has 2 N–H and O–H groups in total. The Morgan fingerprint density at radius 2 is 2.15 bits per heavy atom. The van der Waals surface area contributed by atoms with Gasteiger partial charge < -0.3 is 15.2 Å². The number of benzene rings is 1. The van der Waals surface area contributed by atoms with Crippen LogP contribution in [0.15, 0.2) is 28.8 Å². The van der Waals surface area contributed by atoms with Gasteiger partial charge >= 0.3 is 0 Å². The molecule has 2 heterocycles. The van der Waals surface area contributed by atoms with Crippen molar-refractivity contribution in [2.75, 3.05) is 13.1 Å². The Morgan fingerprint density at radius 3 is 2.85 bits per heavy atom. The van der Waals surface area contributed by atoms with Crippen LogP contribution in [0.3, 0.4) is 0 Å². The first kappa shape index (κ1) is 19.5. The number of carbonyl (C=O) groups is 1. The zero-order chi connectivity index (χ0) is 19.6. The van der Waals surface area contributed by atoms with Crippen molar-refractivity contribution in [2.24, 2.45) is 17.1 Å². The second-order valence-corrected chi connectivity index (χ2v) is 8.85. The molecule has 0 bridgehead atoms. The number of nitrogens with two attached hydrogens (primary N) is 1. The maximum Gasteiger partial charge on any atom is 0.254 e. The highest BCUT2D eigenvalue weighted by molar-refractivity contribution is 5.95. The molecule has 1 aliphatic rings. The largest absolute Gasteiger partial charge is 0.339 e. The van der Waals surface area contributed by atoms with Crippen LogP contribution in [0.2, 0.25) is 0 Å². The van der Waals surface area contributed by atoms with Crippen molar-refractivity contribution in [3.05, 3.63) is 35.7 Å². The highest BCUT2D eigenvalue weighted by atomic mass is 16.5. The lowest BCUT2D eigenvalue weighted by Gasteiger charge is -2.38. The number of amides is 1. The number of nitrogens with zero attached hydrogens (tertiary/aromatic N) is 3. The molecule has 6 nitrogen and oxygen atoms in total. The minimum atomic E-state index is 0.0256. The van der Waals surface area contributed by atoms with Crippen molar-refractivity contribution in [2.45, 2.75) is 53.0 Å². The average molecular weight is 370 g/mol. The molecule has 27 heavy (non-hydrogen) atoms. The fourth-order valence-electron chi connectivity index (χ4n) is 3.60. The molecule has 146 valence electrons. The summed E-state index contributed by atoms with van der Waals surface area (Å²) in [7, 11) is 0. The van der Waals surface area contributed by atoms with Crippen LogP contribution in [-0.4, -0.2) is 40.1 Å². The van der Waals surface area contributed by atoms with Gasteiger partial charge in [0.2, 0.25) is 11.7 Å². The number of hydrogen-bond acceptors (Lipinski definition) is 5. The molecular formula is C21H30N4O2. The van der Waals surface area contributed by atoms with Gasteiger partial charge in [0.15, 0.2) is 0 Å². The molecule has 1 aliphatic heterocycles. The molecule has 1 saturated heterocycles. The summed E-state index contributed by atoms with van der Waals surface area (Å²) in [5.41, 5.74) is 7.43. The number of rotatable bonds is 4. The highest BCUT2D eigenvalue weighted by Crippen LogP contribution is 2.26. The molecule has 1 amide bonds. The van der Waals surface area contributed by atoms with Crippen molar-refractivity contribution < 1.29 is 9.32 Å². The lowest BCUT2D eigenvalue weighted by Crippen LogP contribution is -2.49. The van der Waals surface area contributed by atoms with E-state index in [1.54, 1.807) is 0 Å². The summed E-state index contributed by atoms with van der Waals surface area (Å²) in [4.78, 5) is 19.5. The van der Waals surface area contributed by atoms with E-state index in [2.05, 4.69) is 37.8 Å². The molecule has 2 aromatic rings. The topological polar surface area (TPSA) is 85.2 Å². The Kier molecular flexibility index (Phi) is 5.65. The molecule has 3 rings (SSSR count). The molecule has 0 radical (unpaired) electrons. The predicted molar refractivity (Wildman–Crippen MR) is 105 cm³/mol. The summed E-state index contributed by atoms with van der Waals surface area (Å²) >= 11 is 0. The lowest BCUT2D eigenvalue weighted by atomic mass is 9.91. The minimum absolute atomic E-state index is 0.0256. The average Bonchev–Trinajstić information content (AvgIpc) is 3.07. The maximum atomic E-state index is 13.1. The number of likely N-dealkylation sites (tertiary alicyclic amines) is 1. The van der Waals surface area contributed by atoms with E-state index in [0.717, 1.165) is 24.9 Å². The van der Waals surface area contributed by atoms with E-state index in [1.807, 2.05) is 29.2 Å². The van der Waals surface area contributed by atoms with E-state index >= 15 is 0 Å². The van der Waals surface area contributed by atoms with Crippen molar-refractivity contribution in [3.8, 4) is 11.4 Å². The van der Waals surface area contributed by atoms with Crippen LogP contribution < -0.4 is 5.73 Å². The second kappa shape index (κ2) is 7.80. The van der Waals surface area contributed by atoms with Crippen LogP contribution in [0.4, 0.5) is 0 Å². The van der Waals surface area contributed by atoms with E-state index < -0.39 is 0 Å². The second-order valence-electron chi connectivity index (χ2n) is 8.85. The summed E-state index contributed by atoms with van der Waals surface area (Å²) in [5, 5.41) is 4.09. The Morgan fingerprint density at radius 1 is 1.37 bits per heavy atom. The van der Waals surface area contributed by atoms with Crippen LogP contribution in [0.5, 0.6) is 0 Å². The lowest BCUT2D eigenvalue weighted by molar-refractivity contribution is 0.0573. The maximum absolute atomic E-state index is 13.1. The quantitative estimate of drug-likeness (QED) is 0.890. The molecule has 1 fully saturated rings. The van der Waals surface area contributed by atoms with Crippen LogP contribution >= 0.6 is 0 Å². The normalized spacial score (nSPS) is 20.7. The first-order valence-corrected chi connectivity index (χ1v) is 9.71. The molecule has 0 aliphatic carbocycles. The summed E-state index contributed by atoms with van der Waals surface area (Å²) in [5.74, 6) is 1.76. The van der Waals surface area contributed by atoms with Gasteiger partial charge in [0.05, 0.1) is 0 Å². The molecule has 2 unspecified atom stereocenters. The van der Waals surface area contributed by atoms with Gasteiger partial charge in [-0.05, 0) is 36.3 Å². The smallest absolute Gasteiger partial charge is 0.254 e. The predicted octanol–water partition coefficient (Wildman–Crippen LogP) is 3.52. The number of piperidine rings is 1. The van der Waals surface area contributed by atoms with Crippen molar-refractivity contribution >= 4 is 5.91 Å². The third-order valence-electron chi connectivity index (χ3n) is 5.03. The van der Waals surface area contributed by atoms with Gasteiger partial charge in [-0.15, -0.1) is 0 Å². The zero-order valence-corrected chi connectivity index (χ0v) is 16.7. The molecule has 0 spiro atoms. The summed E-state index contributed by atoms with van der Waals surface area (Å²) in [6.45, 7) is 9.85. The Balaban J connectivity index is 1.80. The van der Waals surface area contributed by atoms with Crippen molar-refractivity contribution in [1.82, 2.24) is 15.0 Å². The van der Waals surface area contributed by atoms with Crippen LogP contribution in [-0.2, 0) is 6.42 Å². The summed E-state index contributed by atoms with van der Waals surface area (Å²) in [6.07, 6.45) is 2.69. The minimum Gasteiger partial charge on any atom is -0.339 e. The third kappa shape index (κ3) is 4.75. The number of aromatic nitrogens is 2. The van der Waals surface area contributed by atoms with Crippen LogP contribution in [0.25, 0.3) is 11.4 Å². The molecule has 1 aromatic carbocycles. The van der Waals surface area contributed by atoms with Gasteiger partial charge in [-0.3, -0.25) is 4.79 Å². The van der Waals surface area contributed by atoms with Crippen molar-refractivity contribution in [3.63, 3.8) is 0 Å². The van der Waals surface area contributed by atoms with Gasteiger partial charge in [0, 0.05) is 36.7 Å². The number of carbonyl (C=O) groups excluding carboxylic acids is 1. The van der Waals surface area contributed by atoms with E-state index in [4.69, 9.17) is 10.3 Å². The molecule has 0 saturated carbocycles. The Labute approximate surface area is 161 Å². The van der Waals surface area contributed by atoms with Gasteiger partial charge in [-0.25, -0.2) is 0 Å². The van der Waals surface area contributed by atoms with Gasteiger partial charge in [0.1, 0.15) is 0 Å². The zero-order valence-electron chi connectivity index (χ0n) is 16.7. The van der Waals surface area contributed by atoms with Crippen molar-refractivity contribution in [1.29, 1.82) is 0 Å². The van der Waals surface area contributed by atoms with E-state index in [-0.39, 0.29) is 17.4 Å². The highest BCUT2D eigenvalue weighted by Gasteiger charge is 2.29. The molecular weight excluding hydrogens is 340 g/mol. The van der Waals surface area contributed by atoms with Crippen LogP contribution in [0, 0.1) is 11.3 Å². The van der Waals surface area contributed by atoms with E-state index in [1.165, 1.54) is 0 Å². The first-order chi connectivity index (χ1) is 12.8. The van der Waals surface area contributed by atoms with E-state index in [9.17, 15) is 4.79 Å². The van der Waals surface area contributed by atoms with Crippen LogP contribution in [0.1, 0.15) is 56.8 Å². The van der Waals surface area contributed by atoms with Gasteiger partial charge in [-0.1, -0.05) is 45.0 Å². The Hall–Kier alpha value is -2.21. The monoisotopic (exact) mass is 370 g/mol. The summed E-state index contributed by atoms with van der Waals surface area (Å²) in [6, 6.07) is 7.56. The number of hydrogen-bond donors (Lipinski definition) is 1. The van der Waals surface area contributed by atoms with E-state index in [0.29, 0.717) is 36.2 Å². The van der Waals surface area contributed by atoms with Gasteiger partial charge in [0.25, 0.3) is 5.91 Å². The fourth-order valence-corrected chi connectivity index (χ4v) is 3.60. The Bertz CT molecular complexity index is 793. The molecule has 6 heteroatoms. The summed E-state index contributed by atoms with van der Waals surface area (Å²) < 4.78 is 5.39. The molecule has 2 atom stereocenters. The standard InChI is InChI=1S/C21H30N4O2/c1-14-8-9-25(17(10-14)13-22)20(26)16-7-5-6-15(11-16)19-23-18(27-24-19)12-21(2,3)4/h5-7,11,14,17H,8-10,12-13,22H2,1-4H3. The first-order valence-electron chi connectivity index (χ1n) is 9.71. The fraction of sp³-hybridized carbons (Fsp3) is 0.571. The molecule has 1 aromatic heterocycles. The van der Waals surface area contributed by atoms with Gasteiger partial charge in [-0.2, -0.15) is 4.98 Å². The third-order valence-corrected chi connectivity index (χ3v) is 5.03.